The van der Waals surface area contributed by atoms with Crippen molar-refractivity contribution in [3.63, 3.8) is 0 Å². The molecule has 1 heterocycles. The van der Waals surface area contributed by atoms with Crippen LogP contribution in [0.4, 0.5) is 0 Å². The lowest BCUT2D eigenvalue weighted by atomic mass is 9.94. The third-order valence-electron chi connectivity index (χ3n) is 2.42. The first-order valence-electron chi connectivity index (χ1n) is 4.42. The number of carbonyl (C=O) groups is 1. The molecule has 0 radical (unpaired) electrons. The SMILES string of the molecule is COC(CC=O)C1CCSCC1. The van der Waals surface area contributed by atoms with Crippen LogP contribution in [-0.4, -0.2) is 31.0 Å². The van der Waals surface area contributed by atoms with Gasteiger partial charge in [-0.05, 0) is 30.3 Å². The minimum Gasteiger partial charge on any atom is -0.381 e. The van der Waals surface area contributed by atoms with Gasteiger partial charge in [0.15, 0.2) is 0 Å². The fourth-order valence-electron chi connectivity index (χ4n) is 1.66. The molecule has 1 atom stereocenters. The van der Waals surface area contributed by atoms with Crippen LogP contribution in [0.5, 0.6) is 0 Å². The zero-order chi connectivity index (χ0) is 8.81. The van der Waals surface area contributed by atoms with Crippen LogP contribution in [0, 0.1) is 5.92 Å². The van der Waals surface area contributed by atoms with Crippen LogP contribution in [0.1, 0.15) is 19.3 Å². The third-order valence-corrected chi connectivity index (χ3v) is 3.47. The minimum absolute atomic E-state index is 0.170. The number of rotatable bonds is 4. The molecule has 1 rings (SSSR count). The summed E-state index contributed by atoms with van der Waals surface area (Å²) in [6.45, 7) is 0. The molecule has 3 heteroatoms. The molecule has 0 aliphatic carbocycles. The maximum atomic E-state index is 10.3. The van der Waals surface area contributed by atoms with Gasteiger partial charge in [0.25, 0.3) is 0 Å². The highest BCUT2D eigenvalue weighted by molar-refractivity contribution is 7.99. The average Bonchev–Trinajstić information content (AvgIpc) is 2.15. The van der Waals surface area contributed by atoms with Crippen molar-refractivity contribution in [3.8, 4) is 0 Å². The Balaban J connectivity index is 2.34. The highest BCUT2D eigenvalue weighted by atomic mass is 32.2. The maximum Gasteiger partial charge on any atom is 0.122 e. The maximum absolute atomic E-state index is 10.3. The van der Waals surface area contributed by atoms with Crippen molar-refractivity contribution in [1.82, 2.24) is 0 Å². The Morgan fingerprint density at radius 3 is 2.75 bits per heavy atom. The number of methoxy groups -OCH3 is 1. The second-order valence-electron chi connectivity index (χ2n) is 3.13. The quantitative estimate of drug-likeness (QED) is 0.629. The molecule has 0 bridgehead atoms. The molecule has 1 fully saturated rings. The molecule has 0 aromatic rings. The zero-order valence-electron chi connectivity index (χ0n) is 7.49. The monoisotopic (exact) mass is 188 g/mol. The third kappa shape index (κ3) is 2.79. The molecule has 1 unspecified atom stereocenters. The summed E-state index contributed by atoms with van der Waals surface area (Å²) in [6, 6.07) is 0. The van der Waals surface area contributed by atoms with Crippen molar-refractivity contribution in [2.45, 2.75) is 25.4 Å². The Kier molecular flexibility index (Phi) is 4.69. The lowest BCUT2D eigenvalue weighted by molar-refractivity contribution is -0.110. The Bertz CT molecular complexity index is 132. The smallest absolute Gasteiger partial charge is 0.122 e. The fraction of sp³-hybridized carbons (Fsp3) is 0.889. The van der Waals surface area contributed by atoms with Crippen LogP contribution in [0.25, 0.3) is 0 Å². The molecule has 0 aromatic carbocycles. The lowest BCUT2D eigenvalue weighted by Gasteiger charge is -2.27. The molecule has 0 spiro atoms. The van der Waals surface area contributed by atoms with Crippen molar-refractivity contribution in [2.24, 2.45) is 5.92 Å². The van der Waals surface area contributed by atoms with Gasteiger partial charge in [-0.15, -0.1) is 0 Å². The highest BCUT2D eigenvalue weighted by Gasteiger charge is 2.22. The van der Waals surface area contributed by atoms with E-state index in [1.807, 2.05) is 11.8 Å². The van der Waals surface area contributed by atoms with Crippen molar-refractivity contribution in [3.05, 3.63) is 0 Å². The number of aldehydes is 1. The van der Waals surface area contributed by atoms with Gasteiger partial charge in [0.05, 0.1) is 6.10 Å². The van der Waals surface area contributed by atoms with Crippen molar-refractivity contribution in [1.29, 1.82) is 0 Å². The molecular formula is C9H16O2S. The van der Waals surface area contributed by atoms with Crippen LogP contribution >= 0.6 is 11.8 Å². The van der Waals surface area contributed by atoms with E-state index in [0.717, 1.165) is 6.29 Å². The molecule has 1 aliphatic rings. The molecule has 1 aliphatic heterocycles. The lowest BCUT2D eigenvalue weighted by Crippen LogP contribution is -2.26. The Morgan fingerprint density at radius 2 is 2.25 bits per heavy atom. The minimum atomic E-state index is 0.170. The largest absolute Gasteiger partial charge is 0.381 e. The van der Waals surface area contributed by atoms with Crippen LogP contribution in [0.3, 0.4) is 0 Å². The van der Waals surface area contributed by atoms with E-state index in [4.69, 9.17) is 4.74 Å². The Hall–Kier alpha value is -0.0200. The van der Waals surface area contributed by atoms with E-state index in [1.54, 1.807) is 7.11 Å². The van der Waals surface area contributed by atoms with Gasteiger partial charge < -0.3 is 9.53 Å². The van der Waals surface area contributed by atoms with Gasteiger partial charge in [-0.1, -0.05) is 0 Å². The first kappa shape index (κ1) is 10.1. The topological polar surface area (TPSA) is 26.3 Å². The summed E-state index contributed by atoms with van der Waals surface area (Å²) in [5.74, 6) is 3.06. The van der Waals surface area contributed by atoms with E-state index in [-0.39, 0.29) is 6.10 Å². The molecule has 2 nitrogen and oxygen atoms in total. The predicted octanol–water partition coefficient (Wildman–Crippen LogP) is 1.73. The average molecular weight is 188 g/mol. The molecule has 12 heavy (non-hydrogen) atoms. The number of thioether (sulfide) groups is 1. The number of hydrogen-bond acceptors (Lipinski definition) is 3. The molecule has 0 saturated carbocycles. The van der Waals surface area contributed by atoms with Gasteiger partial charge in [0.2, 0.25) is 0 Å². The first-order chi connectivity index (χ1) is 5.88. The summed E-state index contributed by atoms with van der Waals surface area (Å²) in [5.41, 5.74) is 0. The second kappa shape index (κ2) is 5.60. The first-order valence-corrected chi connectivity index (χ1v) is 5.58. The molecular weight excluding hydrogens is 172 g/mol. The summed E-state index contributed by atoms with van der Waals surface area (Å²) in [5, 5.41) is 0. The van der Waals surface area contributed by atoms with Gasteiger partial charge in [0, 0.05) is 13.5 Å². The number of hydrogen-bond donors (Lipinski definition) is 0. The van der Waals surface area contributed by atoms with E-state index in [1.165, 1.54) is 24.3 Å². The van der Waals surface area contributed by atoms with E-state index in [9.17, 15) is 4.79 Å². The van der Waals surface area contributed by atoms with Crippen molar-refractivity contribution >= 4 is 18.0 Å². The van der Waals surface area contributed by atoms with Gasteiger partial charge >= 0.3 is 0 Å². The molecule has 0 aromatic heterocycles. The summed E-state index contributed by atoms with van der Waals surface area (Å²) in [4.78, 5) is 10.3. The molecule has 0 N–H and O–H groups in total. The van der Waals surface area contributed by atoms with E-state index >= 15 is 0 Å². The molecule has 0 amide bonds. The van der Waals surface area contributed by atoms with E-state index in [0.29, 0.717) is 12.3 Å². The predicted molar refractivity (Wildman–Crippen MR) is 51.5 cm³/mol. The van der Waals surface area contributed by atoms with Crippen LogP contribution < -0.4 is 0 Å². The Labute approximate surface area is 78.1 Å². The second-order valence-corrected chi connectivity index (χ2v) is 4.35. The van der Waals surface area contributed by atoms with E-state index < -0.39 is 0 Å². The van der Waals surface area contributed by atoms with Crippen molar-refractivity contribution in [2.75, 3.05) is 18.6 Å². The van der Waals surface area contributed by atoms with Crippen LogP contribution in [0.2, 0.25) is 0 Å². The van der Waals surface area contributed by atoms with Gasteiger partial charge in [-0.2, -0.15) is 11.8 Å². The summed E-state index contributed by atoms with van der Waals surface area (Å²) >= 11 is 2.00. The summed E-state index contributed by atoms with van der Waals surface area (Å²) in [7, 11) is 1.70. The van der Waals surface area contributed by atoms with Crippen LogP contribution in [-0.2, 0) is 9.53 Å². The fourth-order valence-corrected chi connectivity index (χ4v) is 2.81. The number of ether oxygens (including phenoxy) is 1. The number of carbonyl (C=O) groups excluding carboxylic acids is 1. The normalized spacial score (nSPS) is 22.1. The summed E-state index contributed by atoms with van der Waals surface area (Å²) in [6.07, 6.45) is 4.11. The van der Waals surface area contributed by atoms with Gasteiger partial charge in [-0.25, -0.2) is 0 Å². The Morgan fingerprint density at radius 1 is 1.58 bits per heavy atom. The van der Waals surface area contributed by atoms with Crippen molar-refractivity contribution < 1.29 is 9.53 Å². The van der Waals surface area contributed by atoms with Gasteiger partial charge in [0.1, 0.15) is 6.29 Å². The van der Waals surface area contributed by atoms with Gasteiger partial charge in [-0.3, -0.25) is 0 Å². The summed E-state index contributed by atoms with van der Waals surface area (Å²) < 4.78 is 5.29. The highest BCUT2D eigenvalue weighted by Crippen LogP contribution is 2.27. The molecule has 1 saturated heterocycles. The van der Waals surface area contributed by atoms with E-state index in [2.05, 4.69) is 0 Å². The standard InChI is InChI=1S/C9H16O2S/c1-11-9(2-5-10)8-3-6-12-7-4-8/h5,8-9H,2-4,6-7H2,1H3. The van der Waals surface area contributed by atoms with Crippen LogP contribution in [0.15, 0.2) is 0 Å². The zero-order valence-corrected chi connectivity index (χ0v) is 8.31. The molecule has 70 valence electrons.